The van der Waals surface area contributed by atoms with Gasteiger partial charge in [0.25, 0.3) is 0 Å². The number of amides is 1. The number of anilines is 1. The average molecular weight is 460 g/mol. The highest BCUT2D eigenvalue weighted by atomic mass is 19.1. The van der Waals surface area contributed by atoms with E-state index in [1.807, 2.05) is 72.5 Å². The number of hydrogen-bond acceptors (Lipinski definition) is 4. The Morgan fingerprint density at radius 1 is 0.853 bits per heavy atom. The Balaban J connectivity index is 1.41. The van der Waals surface area contributed by atoms with Crippen molar-refractivity contribution in [2.75, 3.05) is 31.1 Å². The maximum atomic E-state index is 14.6. The lowest BCUT2D eigenvalue weighted by molar-refractivity contribution is -0.126. The molecule has 3 aromatic rings. The quantitative estimate of drug-likeness (QED) is 0.531. The van der Waals surface area contributed by atoms with Crippen molar-refractivity contribution in [3.05, 3.63) is 101 Å². The number of rotatable bonds is 7. The third kappa shape index (κ3) is 5.34. The molecule has 5 nitrogen and oxygen atoms in total. The van der Waals surface area contributed by atoms with Gasteiger partial charge in [-0.3, -0.25) is 14.5 Å². The van der Waals surface area contributed by atoms with Crippen molar-refractivity contribution in [2.45, 2.75) is 25.9 Å². The molecule has 0 aliphatic carbocycles. The SMILES string of the molecule is CC(=O)c1ccc(N2CCN(C(C)C(=O)NC(c3ccccc3)c3ccccc3)CC2)c(F)c1. The van der Waals surface area contributed by atoms with E-state index in [1.165, 1.54) is 13.0 Å². The first kappa shape index (κ1) is 23.6. The summed E-state index contributed by atoms with van der Waals surface area (Å²) in [5.41, 5.74) is 2.93. The number of Topliss-reactive ketones (excluding diaryl/α,β-unsaturated/α-hetero) is 1. The minimum Gasteiger partial charge on any atom is -0.367 e. The zero-order valence-corrected chi connectivity index (χ0v) is 19.6. The van der Waals surface area contributed by atoms with E-state index in [2.05, 4.69) is 10.2 Å². The molecule has 1 fully saturated rings. The molecular formula is C28H30FN3O2. The second-order valence-corrected chi connectivity index (χ2v) is 8.68. The zero-order valence-electron chi connectivity index (χ0n) is 19.6. The Kier molecular flexibility index (Phi) is 7.38. The predicted molar refractivity (Wildman–Crippen MR) is 133 cm³/mol. The largest absolute Gasteiger partial charge is 0.367 e. The van der Waals surface area contributed by atoms with E-state index in [0.29, 0.717) is 37.4 Å². The van der Waals surface area contributed by atoms with Gasteiger partial charge in [-0.1, -0.05) is 60.7 Å². The molecule has 6 heteroatoms. The first-order chi connectivity index (χ1) is 16.4. The van der Waals surface area contributed by atoms with Gasteiger partial charge in [0.2, 0.25) is 5.91 Å². The van der Waals surface area contributed by atoms with Crippen LogP contribution in [0.2, 0.25) is 0 Å². The molecule has 176 valence electrons. The van der Waals surface area contributed by atoms with E-state index < -0.39 is 0 Å². The maximum absolute atomic E-state index is 14.6. The van der Waals surface area contributed by atoms with E-state index in [9.17, 15) is 14.0 Å². The van der Waals surface area contributed by atoms with Gasteiger partial charge in [-0.25, -0.2) is 4.39 Å². The van der Waals surface area contributed by atoms with Gasteiger partial charge in [0.05, 0.1) is 17.8 Å². The summed E-state index contributed by atoms with van der Waals surface area (Å²) in [6.45, 7) is 5.84. The second kappa shape index (κ2) is 10.6. The lowest BCUT2D eigenvalue weighted by Gasteiger charge is -2.39. The fourth-order valence-corrected chi connectivity index (χ4v) is 4.41. The summed E-state index contributed by atoms with van der Waals surface area (Å²) in [6.07, 6.45) is 0. The number of nitrogens with one attached hydrogen (secondary N) is 1. The van der Waals surface area contributed by atoms with E-state index in [1.54, 1.807) is 12.1 Å². The van der Waals surface area contributed by atoms with Crippen molar-refractivity contribution in [1.29, 1.82) is 0 Å². The van der Waals surface area contributed by atoms with Crippen LogP contribution >= 0.6 is 0 Å². The van der Waals surface area contributed by atoms with Crippen molar-refractivity contribution in [1.82, 2.24) is 10.2 Å². The maximum Gasteiger partial charge on any atom is 0.237 e. The molecule has 4 rings (SSSR count). The number of nitrogens with zero attached hydrogens (tertiary/aromatic N) is 2. The molecule has 1 N–H and O–H groups in total. The lowest BCUT2D eigenvalue weighted by atomic mass is 9.98. The van der Waals surface area contributed by atoms with Crippen molar-refractivity contribution in [2.24, 2.45) is 0 Å². The molecule has 1 unspecified atom stereocenters. The topological polar surface area (TPSA) is 52.7 Å². The first-order valence-electron chi connectivity index (χ1n) is 11.6. The fraction of sp³-hybridized carbons (Fsp3) is 0.286. The van der Waals surface area contributed by atoms with E-state index in [4.69, 9.17) is 0 Å². The van der Waals surface area contributed by atoms with Crippen molar-refractivity contribution < 1.29 is 14.0 Å². The van der Waals surface area contributed by atoms with Crippen molar-refractivity contribution >= 4 is 17.4 Å². The Morgan fingerprint density at radius 2 is 1.41 bits per heavy atom. The van der Waals surface area contributed by atoms with Crippen LogP contribution in [0.15, 0.2) is 78.9 Å². The molecule has 0 spiro atoms. The van der Waals surface area contributed by atoms with Gasteiger partial charge in [0.15, 0.2) is 5.78 Å². The van der Waals surface area contributed by atoms with Gasteiger partial charge in [0, 0.05) is 31.7 Å². The summed E-state index contributed by atoms with van der Waals surface area (Å²) in [7, 11) is 0. The van der Waals surface area contributed by atoms with Gasteiger partial charge < -0.3 is 10.2 Å². The minimum absolute atomic E-state index is 0.0388. The fourth-order valence-electron chi connectivity index (χ4n) is 4.41. The van der Waals surface area contributed by atoms with Gasteiger partial charge >= 0.3 is 0 Å². The summed E-state index contributed by atoms with van der Waals surface area (Å²) < 4.78 is 14.6. The Morgan fingerprint density at radius 3 is 1.91 bits per heavy atom. The van der Waals surface area contributed by atoms with Crippen LogP contribution in [0.1, 0.15) is 41.4 Å². The summed E-state index contributed by atoms with van der Waals surface area (Å²) in [5, 5.41) is 3.23. The number of ketones is 1. The zero-order chi connectivity index (χ0) is 24.1. The van der Waals surface area contributed by atoms with Crippen molar-refractivity contribution in [3.8, 4) is 0 Å². The highest BCUT2D eigenvalue weighted by Gasteiger charge is 2.28. The molecule has 0 aromatic heterocycles. The molecule has 1 amide bonds. The Labute approximate surface area is 200 Å². The van der Waals surface area contributed by atoms with Crippen LogP contribution < -0.4 is 10.2 Å². The lowest BCUT2D eigenvalue weighted by Crippen LogP contribution is -2.54. The Bertz CT molecular complexity index is 1090. The second-order valence-electron chi connectivity index (χ2n) is 8.68. The summed E-state index contributed by atoms with van der Waals surface area (Å²) >= 11 is 0. The molecule has 34 heavy (non-hydrogen) atoms. The van der Waals surface area contributed by atoms with Crippen LogP contribution in [0.25, 0.3) is 0 Å². The average Bonchev–Trinajstić information content (AvgIpc) is 2.87. The van der Waals surface area contributed by atoms with Gasteiger partial charge in [-0.15, -0.1) is 0 Å². The summed E-state index contributed by atoms with van der Waals surface area (Å²) in [4.78, 5) is 28.8. The van der Waals surface area contributed by atoms with Crippen LogP contribution in [0.3, 0.4) is 0 Å². The normalized spacial score (nSPS) is 15.2. The number of piperazine rings is 1. The van der Waals surface area contributed by atoms with Crippen LogP contribution in [0.4, 0.5) is 10.1 Å². The molecule has 1 saturated heterocycles. The van der Waals surface area contributed by atoms with Crippen LogP contribution in [0, 0.1) is 5.82 Å². The monoisotopic (exact) mass is 459 g/mol. The highest BCUT2D eigenvalue weighted by molar-refractivity contribution is 5.94. The first-order valence-corrected chi connectivity index (χ1v) is 11.6. The number of carbonyl (C=O) groups excluding carboxylic acids is 2. The summed E-state index contributed by atoms with van der Waals surface area (Å²) in [6, 6.07) is 24.0. The van der Waals surface area contributed by atoms with E-state index >= 15 is 0 Å². The molecule has 0 bridgehead atoms. The third-order valence-electron chi connectivity index (χ3n) is 6.49. The number of halogens is 1. The van der Waals surface area contributed by atoms with Crippen molar-refractivity contribution in [3.63, 3.8) is 0 Å². The molecule has 1 aliphatic heterocycles. The van der Waals surface area contributed by atoms with Gasteiger partial charge in [-0.05, 0) is 43.2 Å². The molecule has 1 aliphatic rings. The van der Waals surface area contributed by atoms with E-state index in [0.717, 1.165) is 11.1 Å². The number of hydrogen-bond donors (Lipinski definition) is 1. The Hall–Kier alpha value is -3.51. The van der Waals surface area contributed by atoms with Gasteiger partial charge in [-0.2, -0.15) is 0 Å². The van der Waals surface area contributed by atoms with Gasteiger partial charge in [0.1, 0.15) is 5.82 Å². The van der Waals surface area contributed by atoms with Crippen LogP contribution in [-0.4, -0.2) is 48.8 Å². The molecular weight excluding hydrogens is 429 g/mol. The molecule has 1 atom stereocenters. The summed E-state index contributed by atoms with van der Waals surface area (Å²) in [5.74, 6) is -0.580. The minimum atomic E-state index is -0.388. The van der Waals surface area contributed by atoms with Crippen LogP contribution in [0.5, 0.6) is 0 Å². The highest BCUT2D eigenvalue weighted by Crippen LogP contribution is 2.24. The third-order valence-corrected chi connectivity index (χ3v) is 6.49. The molecule has 0 saturated carbocycles. The van der Waals surface area contributed by atoms with E-state index in [-0.39, 0.29) is 29.6 Å². The van der Waals surface area contributed by atoms with Crippen LogP contribution in [-0.2, 0) is 4.79 Å². The predicted octanol–water partition coefficient (Wildman–Crippen LogP) is 4.44. The molecule has 0 radical (unpaired) electrons. The molecule has 1 heterocycles. The molecule has 3 aromatic carbocycles. The number of carbonyl (C=O) groups is 2. The standard InChI is InChI=1S/C28H30FN3O2/c1-20(28(34)30-27(22-9-5-3-6-10-22)23-11-7-4-8-12-23)31-15-17-32(18-16-31)26-14-13-24(21(2)33)19-25(26)29/h3-14,19-20,27H,15-18H2,1-2H3,(H,30,34). The smallest absolute Gasteiger partial charge is 0.237 e. The number of benzene rings is 3.